The standard InChI is InChI=1S/C17H28N2/c1-13(2)10-14-6-8-15(9-7-14)19(5)16-11-17(3,4)18-12-16/h6-9,13,16,18H,10-12H2,1-5H3. The average Bonchev–Trinajstić information content (AvgIpc) is 2.69. The van der Waals surface area contributed by atoms with E-state index >= 15 is 0 Å². The van der Waals surface area contributed by atoms with Gasteiger partial charge in [0.2, 0.25) is 0 Å². The lowest BCUT2D eigenvalue weighted by Gasteiger charge is -2.27. The Hall–Kier alpha value is -1.02. The molecule has 1 aromatic carbocycles. The SMILES string of the molecule is CC(C)Cc1ccc(N(C)C2CNC(C)(C)C2)cc1. The van der Waals surface area contributed by atoms with Crippen LogP contribution in [0.1, 0.15) is 39.7 Å². The van der Waals surface area contributed by atoms with Crippen molar-refractivity contribution in [3.8, 4) is 0 Å². The van der Waals surface area contributed by atoms with Gasteiger partial charge in [-0.2, -0.15) is 0 Å². The van der Waals surface area contributed by atoms with Crippen LogP contribution in [0.25, 0.3) is 0 Å². The molecular weight excluding hydrogens is 232 g/mol. The maximum absolute atomic E-state index is 3.59. The number of hydrogen-bond donors (Lipinski definition) is 1. The lowest BCUT2D eigenvalue weighted by molar-refractivity contribution is 0.454. The summed E-state index contributed by atoms with van der Waals surface area (Å²) in [5.41, 5.74) is 3.05. The molecule has 1 fully saturated rings. The Morgan fingerprint density at radius 1 is 1.26 bits per heavy atom. The molecule has 2 rings (SSSR count). The molecule has 0 aromatic heterocycles. The fraction of sp³-hybridized carbons (Fsp3) is 0.647. The smallest absolute Gasteiger partial charge is 0.0428 e. The molecule has 1 aliphatic rings. The van der Waals surface area contributed by atoms with E-state index in [1.165, 1.54) is 24.1 Å². The summed E-state index contributed by atoms with van der Waals surface area (Å²) in [5, 5.41) is 3.59. The van der Waals surface area contributed by atoms with E-state index in [0.29, 0.717) is 6.04 Å². The molecule has 1 heterocycles. The molecule has 1 atom stereocenters. The lowest BCUT2D eigenvalue weighted by atomic mass is 10.00. The summed E-state index contributed by atoms with van der Waals surface area (Å²) < 4.78 is 0. The van der Waals surface area contributed by atoms with Gasteiger partial charge in [-0.3, -0.25) is 0 Å². The molecule has 0 saturated carbocycles. The first-order valence-electron chi connectivity index (χ1n) is 7.44. The van der Waals surface area contributed by atoms with Crippen molar-refractivity contribution in [1.29, 1.82) is 0 Å². The third-order valence-electron chi connectivity index (χ3n) is 4.10. The predicted molar refractivity (Wildman–Crippen MR) is 83.9 cm³/mol. The van der Waals surface area contributed by atoms with E-state index in [0.717, 1.165) is 12.5 Å². The summed E-state index contributed by atoms with van der Waals surface area (Å²) in [4.78, 5) is 2.42. The van der Waals surface area contributed by atoms with Crippen LogP contribution in [0.5, 0.6) is 0 Å². The van der Waals surface area contributed by atoms with Gasteiger partial charge in [0, 0.05) is 30.9 Å². The highest BCUT2D eigenvalue weighted by Crippen LogP contribution is 2.26. The van der Waals surface area contributed by atoms with Gasteiger partial charge in [0.05, 0.1) is 0 Å². The minimum atomic E-state index is 0.274. The molecule has 1 N–H and O–H groups in total. The summed E-state index contributed by atoms with van der Waals surface area (Å²) in [6, 6.07) is 9.69. The van der Waals surface area contributed by atoms with Crippen molar-refractivity contribution in [2.75, 3.05) is 18.5 Å². The quantitative estimate of drug-likeness (QED) is 0.892. The van der Waals surface area contributed by atoms with Crippen molar-refractivity contribution in [2.45, 2.75) is 52.1 Å². The number of nitrogens with one attached hydrogen (secondary N) is 1. The summed E-state index contributed by atoms with van der Waals surface area (Å²) in [7, 11) is 2.21. The van der Waals surface area contributed by atoms with Gasteiger partial charge in [-0.1, -0.05) is 26.0 Å². The molecular formula is C17H28N2. The third kappa shape index (κ3) is 3.73. The molecule has 106 valence electrons. The van der Waals surface area contributed by atoms with Crippen LogP contribution in [-0.2, 0) is 6.42 Å². The molecule has 2 heteroatoms. The Balaban J connectivity index is 2.02. The van der Waals surface area contributed by atoms with Crippen LogP contribution in [0.2, 0.25) is 0 Å². The molecule has 19 heavy (non-hydrogen) atoms. The highest BCUT2D eigenvalue weighted by atomic mass is 15.2. The van der Waals surface area contributed by atoms with E-state index in [1.54, 1.807) is 0 Å². The van der Waals surface area contributed by atoms with E-state index in [-0.39, 0.29) is 5.54 Å². The summed E-state index contributed by atoms with van der Waals surface area (Å²) in [6.07, 6.45) is 2.37. The molecule has 1 aliphatic heterocycles. The van der Waals surface area contributed by atoms with Crippen molar-refractivity contribution in [2.24, 2.45) is 5.92 Å². The minimum absolute atomic E-state index is 0.274. The topological polar surface area (TPSA) is 15.3 Å². The number of benzene rings is 1. The van der Waals surface area contributed by atoms with E-state index < -0.39 is 0 Å². The first-order chi connectivity index (χ1) is 8.87. The Kier molecular flexibility index (Phi) is 4.19. The molecule has 1 aromatic rings. The molecule has 1 saturated heterocycles. The van der Waals surface area contributed by atoms with Crippen LogP contribution in [0.4, 0.5) is 5.69 Å². The normalized spacial score (nSPS) is 21.9. The molecule has 0 amide bonds. The molecule has 2 nitrogen and oxygen atoms in total. The largest absolute Gasteiger partial charge is 0.370 e. The Morgan fingerprint density at radius 3 is 2.37 bits per heavy atom. The van der Waals surface area contributed by atoms with Crippen LogP contribution in [-0.4, -0.2) is 25.2 Å². The second-order valence-electron chi connectivity index (χ2n) is 7.00. The van der Waals surface area contributed by atoms with Gasteiger partial charge in [0.15, 0.2) is 0 Å². The van der Waals surface area contributed by atoms with Crippen molar-refractivity contribution in [3.05, 3.63) is 29.8 Å². The van der Waals surface area contributed by atoms with Crippen molar-refractivity contribution in [1.82, 2.24) is 5.32 Å². The van der Waals surface area contributed by atoms with Gasteiger partial charge < -0.3 is 10.2 Å². The maximum atomic E-state index is 3.59. The molecule has 1 unspecified atom stereocenters. The zero-order valence-electron chi connectivity index (χ0n) is 13.0. The van der Waals surface area contributed by atoms with Crippen LogP contribution in [0.15, 0.2) is 24.3 Å². The Morgan fingerprint density at radius 2 is 1.89 bits per heavy atom. The fourth-order valence-electron chi connectivity index (χ4n) is 2.95. The Bertz CT molecular complexity index is 406. The van der Waals surface area contributed by atoms with Gasteiger partial charge in [0.1, 0.15) is 0 Å². The molecule has 0 bridgehead atoms. The van der Waals surface area contributed by atoms with Crippen LogP contribution in [0, 0.1) is 5.92 Å². The number of likely N-dealkylation sites (N-methyl/N-ethyl adjacent to an activating group) is 1. The van der Waals surface area contributed by atoms with Crippen LogP contribution < -0.4 is 10.2 Å². The minimum Gasteiger partial charge on any atom is -0.370 e. The van der Waals surface area contributed by atoms with Crippen molar-refractivity contribution < 1.29 is 0 Å². The highest BCUT2D eigenvalue weighted by molar-refractivity contribution is 5.48. The van der Waals surface area contributed by atoms with E-state index in [4.69, 9.17) is 0 Å². The Labute approximate surface area is 118 Å². The second kappa shape index (κ2) is 5.54. The monoisotopic (exact) mass is 260 g/mol. The van der Waals surface area contributed by atoms with Gasteiger partial charge in [-0.15, -0.1) is 0 Å². The van der Waals surface area contributed by atoms with Crippen molar-refractivity contribution in [3.63, 3.8) is 0 Å². The zero-order valence-corrected chi connectivity index (χ0v) is 13.0. The summed E-state index contributed by atoms with van der Waals surface area (Å²) in [6.45, 7) is 10.2. The first-order valence-corrected chi connectivity index (χ1v) is 7.44. The molecule has 0 radical (unpaired) electrons. The number of anilines is 1. The van der Waals surface area contributed by atoms with Crippen LogP contribution >= 0.6 is 0 Å². The molecule has 0 spiro atoms. The lowest BCUT2D eigenvalue weighted by Crippen LogP contribution is -2.33. The van der Waals surface area contributed by atoms with Crippen LogP contribution in [0.3, 0.4) is 0 Å². The number of nitrogens with zero attached hydrogens (tertiary/aromatic N) is 1. The van der Waals surface area contributed by atoms with Gasteiger partial charge in [-0.25, -0.2) is 0 Å². The van der Waals surface area contributed by atoms with E-state index in [9.17, 15) is 0 Å². The number of hydrogen-bond acceptors (Lipinski definition) is 2. The predicted octanol–water partition coefficient (Wildman–Crippen LogP) is 3.46. The zero-order chi connectivity index (χ0) is 14.0. The third-order valence-corrected chi connectivity index (χ3v) is 4.10. The second-order valence-corrected chi connectivity index (χ2v) is 7.00. The summed E-state index contributed by atoms with van der Waals surface area (Å²) in [5.74, 6) is 0.725. The van der Waals surface area contributed by atoms with Gasteiger partial charge in [-0.05, 0) is 50.3 Å². The first kappa shape index (κ1) is 14.4. The van der Waals surface area contributed by atoms with Crippen molar-refractivity contribution >= 4 is 5.69 Å². The summed E-state index contributed by atoms with van der Waals surface area (Å²) >= 11 is 0. The van der Waals surface area contributed by atoms with E-state index in [2.05, 4.69) is 69.2 Å². The maximum Gasteiger partial charge on any atom is 0.0428 e. The number of rotatable bonds is 4. The van der Waals surface area contributed by atoms with Gasteiger partial charge >= 0.3 is 0 Å². The van der Waals surface area contributed by atoms with E-state index in [1.807, 2.05) is 0 Å². The fourth-order valence-corrected chi connectivity index (χ4v) is 2.95. The average molecular weight is 260 g/mol. The van der Waals surface area contributed by atoms with Gasteiger partial charge in [0.25, 0.3) is 0 Å². The molecule has 0 aliphatic carbocycles. The highest BCUT2D eigenvalue weighted by Gasteiger charge is 2.32.